The molecule has 1 aromatic rings. The van der Waals surface area contributed by atoms with Gasteiger partial charge in [-0.15, -0.1) is 0 Å². The zero-order valence-corrected chi connectivity index (χ0v) is 15.7. The van der Waals surface area contributed by atoms with Gasteiger partial charge < -0.3 is 20.1 Å². The maximum Gasteiger partial charge on any atom is 0.224 e. The normalized spacial score (nSPS) is 17.5. The smallest absolute Gasteiger partial charge is 0.224 e. The third-order valence-electron chi connectivity index (χ3n) is 4.57. The summed E-state index contributed by atoms with van der Waals surface area (Å²) in [6, 6.07) is 7.60. The number of β-amino-alcohol motifs (C(OH)–C–C–N with tert-alkyl or cyclic N) is 1. The summed E-state index contributed by atoms with van der Waals surface area (Å²) in [6.07, 6.45) is 2.17. The minimum absolute atomic E-state index is 0.0679. The summed E-state index contributed by atoms with van der Waals surface area (Å²) >= 11 is 0. The first-order valence-electron chi connectivity index (χ1n) is 9.35. The molecule has 1 aliphatic heterocycles. The number of hydrogen-bond acceptors (Lipinski definition) is 4. The van der Waals surface area contributed by atoms with Gasteiger partial charge in [0.1, 0.15) is 5.75 Å². The van der Waals surface area contributed by atoms with Crippen LogP contribution < -0.4 is 10.1 Å². The summed E-state index contributed by atoms with van der Waals surface area (Å²) in [4.78, 5) is 14.5. The molecular weight excluding hydrogens is 316 g/mol. The van der Waals surface area contributed by atoms with Crippen molar-refractivity contribution in [1.29, 1.82) is 0 Å². The van der Waals surface area contributed by atoms with Gasteiger partial charge in [-0.3, -0.25) is 4.79 Å². The molecule has 0 aromatic heterocycles. The molecule has 0 aliphatic carbocycles. The first-order chi connectivity index (χ1) is 11.9. The Morgan fingerprint density at radius 2 is 2.00 bits per heavy atom. The lowest BCUT2D eigenvalue weighted by atomic mass is 9.99. The maximum absolute atomic E-state index is 12.2. The summed E-state index contributed by atoms with van der Waals surface area (Å²) in [6.45, 7) is 9.19. The van der Waals surface area contributed by atoms with E-state index < -0.39 is 6.10 Å². The maximum atomic E-state index is 12.2. The average molecular weight is 348 g/mol. The fourth-order valence-electron chi connectivity index (χ4n) is 3.09. The van der Waals surface area contributed by atoms with Gasteiger partial charge in [0.25, 0.3) is 0 Å². The van der Waals surface area contributed by atoms with Crippen molar-refractivity contribution in [3.63, 3.8) is 0 Å². The van der Waals surface area contributed by atoms with E-state index in [1.54, 1.807) is 0 Å². The van der Waals surface area contributed by atoms with Gasteiger partial charge in [0.15, 0.2) is 0 Å². The van der Waals surface area contributed by atoms with E-state index in [0.717, 1.165) is 30.3 Å². The van der Waals surface area contributed by atoms with E-state index in [-0.39, 0.29) is 25.0 Å². The lowest BCUT2D eigenvalue weighted by Gasteiger charge is -2.31. The highest BCUT2D eigenvalue weighted by molar-refractivity contribution is 5.79. The second-order valence-electron chi connectivity index (χ2n) is 7.39. The topological polar surface area (TPSA) is 61.8 Å². The molecule has 1 aliphatic rings. The summed E-state index contributed by atoms with van der Waals surface area (Å²) in [7, 11) is 0. The molecule has 0 spiro atoms. The number of nitrogens with one attached hydrogen (secondary N) is 1. The third kappa shape index (κ3) is 7.04. The van der Waals surface area contributed by atoms with E-state index in [4.69, 9.17) is 4.74 Å². The van der Waals surface area contributed by atoms with Crippen LogP contribution in [0.1, 0.15) is 39.2 Å². The fraction of sp³-hybridized carbons (Fsp3) is 0.650. The Labute approximate surface area is 151 Å². The van der Waals surface area contributed by atoms with Crippen molar-refractivity contribution in [1.82, 2.24) is 10.2 Å². The van der Waals surface area contributed by atoms with Crippen molar-refractivity contribution < 1.29 is 14.6 Å². The number of amides is 1. The van der Waals surface area contributed by atoms with Crippen LogP contribution in [-0.2, 0) is 11.2 Å². The standard InChI is InChI=1S/C20H32N2O3/c1-15(2)25-19-7-5-4-6-17(19)12-20(24)21-13-18(23)14-22-10-8-16(3)9-11-22/h4-7,15-16,18,23H,8-14H2,1-3H3,(H,21,24). The highest BCUT2D eigenvalue weighted by Crippen LogP contribution is 2.20. The number of carbonyl (C=O) groups excluding carboxylic acids is 1. The number of nitrogens with zero attached hydrogens (tertiary/aromatic N) is 1. The first-order valence-corrected chi connectivity index (χ1v) is 9.35. The van der Waals surface area contributed by atoms with Gasteiger partial charge in [-0.2, -0.15) is 0 Å². The Hall–Kier alpha value is -1.59. The predicted molar refractivity (Wildman–Crippen MR) is 99.8 cm³/mol. The molecule has 1 fully saturated rings. The minimum Gasteiger partial charge on any atom is -0.491 e. The van der Waals surface area contributed by atoms with Crippen LogP contribution in [0.4, 0.5) is 0 Å². The lowest BCUT2D eigenvalue weighted by Crippen LogP contribution is -2.43. The second kappa shape index (κ2) is 9.78. The number of piperidine rings is 1. The summed E-state index contributed by atoms with van der Waals surface area (Å²) in [5, 5.41) is 13.0. The first kappa shape index (κ1) is 19.7. The summed E-state index contributed by atoms with van der Waals surface area (Å²) in [5.41, 5.74) is 0.869. The molecule has 1 atom stereocenters. The van der Waals surface area contributed by atoms with E-state index in [0.29, 0.717) is 6.54 Å². The average Bonchev–Trinajstić information content (AvgIpc) is 2.56. The molecule has 1 heterocycles. The molecule has 2 N–H and O–H groups in total. The van der Waals surface area contributed by atoms with Gasteiger partial charge in [-0.1, -0.05) is 25.1 Å². The van der Waals surface area contributed by atoms with Crippen LogP contribution in [0, 0.1) is 5.92 Å². The molecule has 1 amide bonds. The van der Waals surface area contributed by atoms with Crippen LogP contribution in [0.15, 0.2) is 24.3 Å². The van der Waals surface area contributed by atoms with Crippen molar-refractivity contribution in [3.8, 4) is 5.75 Å². The third-order valence-corrected chi connectivity index (χ3v) is 4.57. The van der Waals surface area contributed by atoms with Crippen LogP contribution in [0.25, 0.3) is 0 Å². The van der Waals surface area contributed by atoms with Crippen LogP contribution in [0.2, 0.25) is 0 Å². The Bertz CT molecular complexity index is 539. The minimum atomic E-state index is -0.528. The number of rotatable bonds is 8. The van der Waals surface area contributed by atoms with Crippen LogP contribution >= 0.6 is 0 Å². The second-order valence-corrected chi connectivity index (χ2v) is 7.39. The number of para-hydroxylation sites is 1. The number of benzene rings is 1. The van der Waals surface area contributed by atoms with E-state index in [1.807, 2.05) is 38.1 Å². The molecule has 0 radical (unpaired) electrons. The molecule has 140 valence electrons. The van der Waals surface area contributed by atoms with Crippen molar-refractivity contribution in [2.75, 3.05) is 26.2 Å². The number of carbonyl (C=O) groups is 1. The van der Waals surface area contributed by atoms with E-state index in [2.05, 4.69) is 17.1 Å². The van der Waals surface area contributed by atoms with Gasteiger partial charge in [0.05, 0.1) is 18.6 Å². The number of ether oxygens (including phenoxy) is 1. The van der Waals surface area contributed by atoms with Crippen LogP contribution in [0.5, 0.6) is 5.75 Å². The zero-order valence-electron chi connectivity index (χ0n) is 15.7. The highest BCUT2D eigenvalue weighted by atomic mass is 16.5. The molecule has 25 heavy (non-hydrogen) atoms. The molecule has 2 rings (SSSR count). The van der Waals surface area contributed by atoms with Crippen molar-refractivity contribution >= 4 is 5.91 Å². The van der Waals surface area contributed by atoms with Gasteiger partial charge in [-0.05, 0) is 51.8 Å². The Kier molecular flexibility index (Phi) is 7.72. The van der Waals surface area contributed by atoms with Gasteiger partial charge in [0, 0.05) is 18.7 Å². The largest absolute Gasteiger partial charge is 0.491 e. The monoisotopic (exact) mass is 348 g/mol. The molecular formula is C20H32N2O3. The van der Waals surface area contributed by atoms with Crippen molar-refractivity contribution in [3.05, 3.63) is 29.8 Å². The van der Waals surface area contributed by atoms with Crippen LogP contribution in [0.3, 0.4) is 0 Å². The summed E-state index contributed by atoms with van der Waals surface area (Å²) < 4.78 is 5.74. The number of aliphatic hydroxyl groups excluding tert-OH is 1. The molecule has 1 unspecified atom stereocenters. The lowest BCUT2D eigenvalue weighted by molar-refractivity contribution is -0.121. The van der Waals surface area contributed by atoms with Gasteiger partial charge in [-0.25, -0.2) is 0 Å². The number of aliphatic hydroxyl groups is 1. The van der Waals surface area contributed by atoms with Gasteiger partial charge in [0.2, 0.25) is 5.91 Å². The Morgan fingerprint density at radius 1 is 1.32 bits per heavy atom. The molecule has 1 aromatic carbocycles. The quantitative estimate of drug-likeness (QED) is 0.756. The molecule has 0 saturated carbocycles. The van der Waals surface area contributed by atoms with E-state index in [9.17, 15) is 9.90 Å². The Morgan fingerprint density at radius 3 is 2.68 bits per heavy atom. The van der Waals surface area contributed by atoms with Crippen molar-refractivity contribution in [2.45, 2.75) is 52.2 Å². The van der Waals surface area contributed by atoms with Crippen LogP contribution in [-0.4, -0.2) is 54.3 Å². The molecule has 0 bridgehead atoms. The molecule has 5 heteroatoms. The van der Waals surface area contributed by atoms with Gasteiger partial charge >= 0.3 is 0 Å². The summed E-state index contributed by atoms with van der Waals surface area (Å²) in [5.74, 6) is 1.43. The highest BCUT2D eigenvalue weighted by Gasteiger charge is 2.19. The fourth-order valence-corrected chi connectivity index (χ4v) is 3.09. The Balaban J connectivity index is 1.75. The SMILES string of the molecule is CC1CCN(CC(O)CNC(=O)Cc2ccccc2OC(C)C)CC1. The number of hydrogen-bond donors (Lipinski definition) is 2. The zero-order chi connectivity index (χ0) is 18.2. The predicted octanol–water partition coefficient (Wildman–Crippen LogP) is 2.23. The number of likely N-dealkylation sites (tertiary alicyclic amines) is 1. The van der Waals surface area contributed by atoms with E-state index >= 15 is 0 Å². The van der Waals surface area contributed by atoms with Crippen molar-refractivity contribution in [2.24, 2.45) is 5.92 Å². The molecule has 1 saturated heterocycles. The molecule has 5 nitrogen and oxygen atoms in total. The van der Waals surface area contributed by atoms with E-state index in [1.165, 1.54) is 12.8 Å².